The van der Waals surface area contributed by atoms with Gasteiger partial charge in [-0.3, -0.25) is 10.1 Å². The number of fused-ring (bicyclic) bond motifs is 1. The molecule has 0 saturated carbocycles. The maximum Gasteiger partial charge on any atom is 0.259 e. The number of anilines is 1. The van der Waals surface area contributed by atoms with Crippen molar-refractivity contribution in [2.45, 2.75) is 33.7 Å². The lowest BCUT2D eigenvalue weighted by Crippen LogP contribution is -2.16. The maximum absolute atomic E-state index is 13.3. The van der Waals surface area contributed by atoms with E-state index in [-0.39, 0.29) is 17.8 Å². The van der Waals surface area contributed by atoms with Gasteiger partial charge >= 0.3 is 0 Å². The Morgan fingerprint density at radius 2 is 1.96 bits per heavy atom. The lowest BCUT2D eigenvalue weighted by molar-refractivity contribution is 0.102. The van der Waals surface area contributed by atoms with Crippen molar-refractivity contribution in [3.8, 4) is 0 Å². The van der Waals surface area contributed by atoms with E-state index >= 15 is 0 Å². The van der Waals surface area contributed by atoms with E-state index in [2.05, 4.69) is 28.7 Å². The summed E-state index contributed by atoms with van der Waals surface area (Å²) in [5.41, 5.74) is 3.86. The van der Waals surface area contributed by atoms with Crippen molar-refractivity contribution in [2.24, 2.45) is 7.05 Å². The van der Waals surface area contributed by atoms with Gasteiger partial charge in [-0.1, -0.05) is 0 Å². The first-order chi connectivity index (χ1) is 11.3. The lowest BCUT2D eigenvalue weighted by atomic mass is 10.2. The maximum atomic E-state index is 13.3. The molecule has 24 heavy (non-hydrogen) atoms. The first-order valence-corrected chi connectivity index (χ1v) is 7.91. The van der Waals surface area contributed by atoms with Gasteiger partial charge in [0.25, 0.3) is 5.91 Å². The minimum atomic E-state index is -0.348. The van der Waals surface area contributed by atoms with Crippen molar-refractivity contribution in [1.29, 1.82) is 0 Å². The van der Waals surface area contributed by atoms with Gasteiger partial charge in [0.05, 0.1) is 16.6 Å². The fraction of sp³-hybridized carbons (Fsp3) is 0.333. The van der Waals surface area contributed by atoms with Crippen LogP contribution in [0.1, 0.15) is 41.6 Å². The van der Waals surface area contributed by atoms with E-state index < -0.39 is 0 Å². The zero-order valence-corrected chi connectivity index (χ0v) is 14.5. The van der Waals surface area contributed by atoms with Gasteiger partial charge in [0.1, 0.15) is 5.82 Å². The summed E-state index contributed by atoms with van der Waals surface area (Å²) in [5.74, 6) is -0.164. The van der Waals surface area contributed by atoms with Gasteiger partial charge in [0.2, 0.25) is 5.95 Å². The van der Waals surface area contributed by atoms with Crippen molar-refractivity contribution in [2.75, 3.05) is 5.32 Å². The van der Waals surface area contributed by atoms with Crippen molar-refractivity contribution in [1.82, 2.24) is 14.1 Å². The van der Waals surface area contributed by atoms with Crippen molar-refractivity contribution in [3.63, 3.8) is 0 Å². The minimum Gasteiger partial charge on any atom is -0.346 e. The van der Waals surface area contributed by atoms with E-state index in [0.717, 1.165) is 16.9 Å². The normalized spacial score (nSPS) is 11.5. The van der Waals surface area contributed by atoms with Crippen molar-refractivity contribution < 1.29 is 9.18 Å². The highest BCUT2D eigenvalue weighted by atomic mass is 19.1. The van der Waals surface area contributed by atoms with Crippen molar-refractivity contribution >= 4 is 22.9 Å². The Bertz CT molecular complexity index is 936. The largest absolute Gasteiger partial charge is 0.346 e. The molecule has 5 nitrogen and oxygen atoms in total. The summed E-state index contributed by atoms with van der Waals surface area (Å²) in [7, 11) is 1.79. The number of hydrogen-bond acceptors (Lipinski definition) is 2. The van der Waals surface area contributed by atoms with Crippen LogP contribution in [0.3, 0.4) is 0 Å². The van der Waals surface area contributed by atoms with Crippen LogP contribution in [0, 0.1) is 19.7 Å². The monoisotopic (exact) mass is 328 g/mol. The summed E-state index contributed by atoms with van der Waals surface area (Å²) in [6.45, 7) is 8.09. The van der Waals surface area contributed by atoms with Gasteiger partial charge < -0.3 is 9.13 Å². The molecule has 0 aliphatic heterocycles. The Hall–Kier alpha value is -2.63. The first kappa shape index (κ1) is 16.2. The second-order valence-electron chi connectivity index (χ2n) is 6.33. The molecular weight excluding hydrogens is 307 g/mol. The summed E-state index contributed by atoms with van der Waals surface area (Å²) >= 11 is 0. The lowest BCUT2D eigenvalue weighted by Gasteiger charge is -2.13. The molecule has 2 heterocycles. The predicted molar refractivity (Wildman–Crippen MR) is 92.9 cm³/mol. The van der Waals surface area contributed by atoms with Crippen LogP contribution in [0.4, 0.5) is 10.3 Å². The summed E-state index contributed by atoms with van der Waals surface area (Å²) in [5, 5.41) is 2.83. The average Bonchev–Trinajstić information content (AvgIpc) is 2.96. The topological polar surface area (TPSA) is 51.9 Å². The summed E-state index contributed by atoms with van der Waals surface area (Å²) in [4.78, 5) is 17.0. The molecule has 0 bridgehead atoms. The molecule has 0 unspecified atom stereocenters. The fourth-order valence-corrected chi connectivity index (χ4v) is 3.26. The molecule has 0 aliphatic carbocycles. The van der Waals surface area contributed by atoms with Gasteiger partial charge in [-0.05, 0) is 45.9 Å². The molecule has 1 N–H and O–H groups in total. The SMILES string of the molecule is Cc1cc(C(=O)Nc2nc3cc(F)ccc3n2C)c(C)n1C(C)C. The Morgan fingerprint density at radius 1 is 1.25 bits per heavy atom. The van der Waals surface area contributed by atoms with E-state index in [9.17, 15) is 9.18 Å². The standard InChI is InChI=1S/C18H21FN4O/c1-10(2)23-11(3)8-14(12(23)4)17(24)21-18-20-15-9-13(19)6-7-16(15)22(18)5/h6-10H,1-5H3,(H,20,21,24). The number of aromatic nitrogens is 3. The molecule has 0 saturated heterocycles. The zero-order valence-electron chi connectivity index (χ0n) is 14.5. The van der Waals surface area contributed by atoms with E-state index in [1.54, 1.807) is 17.7 Å². The Labute approximate surface area is 140 Å². The van der Waals surface area contributed by atoms with Gasteiger partial charge in [-0.2, -0.15) is 0 Å². The number of halogens is 1. The Balaban J connectivity index is 1.96. The number of aryl methyl sites for hydroxylation is 2. The quantitative estimate of drug-likeness (QED) is 0.791. The average molecular weight is 328 g/mol. The van der Waals surface area contributed by atoms with Gasteiger partial charge in [0.15, 0.2) is 0 Å². The molecule has 0 aliphatic rings. The van der Waals surface area contributed by atoms with Crippen LogP contribution in [0.2, 0.25) is 0 Å². The van der Waals surface area contributed by atoms with Gasteiger partial charge in [-0.25, -0.2) is 9.37 Å². The van der Waals surface area contributed by atoms with Crippen LogP contribution in [0.25, 0.3) is 11.0 Å². The van der Waals surface area contributed by atoms with E-state index in [4.69, 9.17) is 0 Å². The molecule has 0 spiro atoms. The molecule has 3 rings (SSSR count). The third-order valence-electron chi connectivity index (χ3n) is 4.31. The molecule has 6 heteroatoms. The highest BCUT2D eigenvalue weighted by Gasteiger charge is 2.19. The number of benzene rings is 1. The second kappa shape index (κ2) is 5.78. The Kier molecular flexibility index (Phi) is 3.91. The Morgan fingerprint density at radius 3 is 2.58 bits per heavy atom. The second-order valence-corrected chi connectivity index (χ2v) is 6.33. The summed E-state index contributed by atoms with van der Waals surface area (Å²) in [6, 6.07) is 6.55. The number of imidazole rings is 1. The number of amides is 1. The van der Waals surface area contributed by atoms with Crippen LogP contribution >= 0.6 is 0 Å². The zero-order chi connectivity index (χ0) is 17.6. The number of hydrogen-bond donors (Lipinski definition) is 1. The highest BCUT2D eigenvalue weighted by molar-refractivity contribution is 6.05. The van der Waals surface area contributed by atoms with Gasteiger partial charge in [-0.15, -0.1) is 0 Å². The van der Waals surface area contributed by atoms with E-state index in [1.807, 2.05) is 19.9 Å². The third kappa shape index (κ3) is 2.58. The number of carbonyl (C=O) groups is 1. The van der Waals surface area contributed by atoms with Crippen LogP contribution in [0.5, 0.6) is 0 Å². The van der Waals surface area contributed by atoms with E-state index in [0.29, 0.717) is 17.0 Å². The number of nitrogens with zero attached hydrogens (tertiary/aromatic N) is 3. The molecule has 0 radical (unpaired) electrons. The number of nitrogens with one attached hydrogen (secondary N) is 1. The number of carbonyl (C=O) groups excluding carboxylic acids is 1. The van der Waals surface area contributed by atoms with Crippen LogP contribution in [0.15, 0.2) is 24.3 Å². The molecule has 0 fully saturated rings. The smallest absolute Gasteiger partial charge is 0.259 e. The predicted octanol–water partition coefficient (Wildman–Crippen LogP) is 3.96. The van der Waals surface area contributed by atoms with Crippen LogP contribution in [-0.4, -0.2) is 20.0 Å². The minimum absolute atomic E-state index is 0.214. The number of rotatable bonds is 3. The third-order valence-corrected chi connectivity index (χ3v) is 4.31. The van der Waals surface area contributed by atoms with Crippen LogP contribution in [-0.2, 0) is 7.05 Å². The van der Waals surface area contributed by atoms with Crippen LogP contribution < -0.4 is 5.32 Å². The van der Waals surface area contributed by atoms with Crippen molar-refractivity contribution in [3.05, 3.63) is 47.0 Å². The molecule has 1 amide bonds. The fourth-order valence-electron chi connectivity index (χ4n) is 3.26. The molecule has 3 aromatic rings. The molecule has 2 aromatic heterocycles. The highest BCUT2D eigenvalue weighted by Crippen LogP contribution is 2.23. The summed E-state index contributed by atoms with van der Waals surface area (Å²) < 4.78 is 17.2. The molecular formula is C18H21FN4O. The molecule has 126 valence electrons. The first-order valence-electron chi connectivity index (χ1n) is 7.91. The molecule has 1 aromatic carbocycles. The van der Waals surface area contributed by atoms with E-state index in [1.165, 1.54) is 12.1 Å². The molecule has 0 atom stereocenters. The van der Waals surface area contributed by atoms with Gasteiger partial charge in [0, 0.05) is 30.5 Å². The summed E-state index contributed by atoms with van der Waals surface area (Å²) in [6.07, 6.45) is 0.